The Balaban J connectivity index is 2.31. The Bertz CT molecular complexity index is 599. The predicted molar refractivity (Wildman–Crippen MR) is 74.2 cm³/mol. The van der Waals surface area contributed by atoms with Gasteiger partial charge in [0.05, 0.1) is 4.92 Å². The highest BCUT2D eigenvalue weighted by Gasteiger charge is 2.16. The molecule has 2 aromatic rings. The molecular weight excluding hydrogens is 268 g/mol. The number of nitrogens with zero attached hydrogens (tertiary/aromatic N) is 1. The average molecular weight is 279 g/mol. The summed E-state index contributed by atoms with van der Waals surface area (Å²) in [4.78, 5) is 10.4. The molecule has 0 aliphatic heterocycles. The zero-order valence-corrected chi connectivity index (χ0v) is 10.8. The van der Waals surface area contributed by atoms with Gasteiger partial charge in [0.1, 0.15) is 5.75 Å². The minimum Gasteiger partial charge on any atom is -0.450 e. The van der Waals surface area contributed by atoms with Crippen molar-refractivity contribution in [1.29, 1.82) is 0 Å². The second kappa shape index (κ2) is 5.58. The largest absolute Gasteiger partial charge is 0.450 e. The monoisotopic (exact) mass is 278 g/mol. The lowest BCUT2D eigenvalue weighted by atomic mass is 10.3. The van der Waals surface area contributed by atoms with Crippen molar-refractivity contribution >= 4 is 23.0 Å². The van der Waals surface area contributed by atoms with Crippen molar-refractivity contribution in [3.63, 3.8) is 0 Å². The maximum atomic E-state index is 10.9. The number of nitro benzene ring substituents is 1. The van der Waals surface area contributed by atoms with Crippen molar-refractivity contribution in [2.24, 2.45) is 0 Å². The van der Waals surface area contributed by atoms with Gasteiger partial charge in [0.15, 0.2) is 0 Å². The zero-order chi connectivity index (χ0) is 13.8. The van der Waals surface area contributed by atoms with Crippen LogP contribution in [0.25, 0.3) is 0 Å². The lowest BCUT2D eigenvalue weighted by Gasteiger charge is -2.07. The number of hydrogen-bond acceptors (Lipinski definition) is 4. The molecule has 2 rings (SSSR count). The first-order valence-corrected chi connectivity index (χ1v) is 5.87. The van der Waals surface area contributed by atoms with E-state index in [1.54, 1.807) is 19.2 Å². The van der Waals surface area contributed by atoms with Gasteiger partial charge in [-0.15, -0.1) is 0 Å². The van der Waals surface area contributed by atoms with Gasteiger partial charge < -0.3 is 10.1 Å². The summed E-state index contributed by atoms with van der Waals surface area (Å²) < 4.78 is 5.50. The van der Waals surface area contributed by atoms with Crippen LogP contribution >= 0.6 is 11.6 Å². The molecule has 0 radical (unpaired) electrons. The van der Waals surface area contributed by atoms with Crippen LogP contribution < -0.4 is 10.1 Å². The Morgan fingerprint density at radius 3 is 2.47 bits per heavy atom. The van der Waals surface area contributed by atoms with Crippen LogP contribution in [0.3, 0.4) is 0 Å². The zero-order valence-electron chi connectivity index (χ0n) is 10.1. The van der Waals surface area contributed by atoms with E-state index in [0.717, 1.165) is 5.69 Å². The Labute approximate surface area is 114 Å². The molecule has 19 heavy (non-hydrogen) atoms. The molecule has 0 atom stereocenters. The van der Waals surface area contributed by atoms with E-state index >= 15 is 0 Å². The fraction of sp³-hybridized carbons (Fsp3) is 0.0769. The van der Waals surface area contributed by atoms with Crippen LogP contribution in [0.5, 0.6) is 11.5 Å². The number of nitro groups is 1. The standard InChI is InChI=1S/C13H11ClN2O3/c1-15-10-3-5-11(6-4-10)19-13-8-9(14)2-7-12(13)16(17)18/h2-8,15H,1H3. The summed E-state index contributed by atoms with van der Waals surface area (Å²) in [5, 5.41) is 14.2. The van der Waals surface area contributed by atoms with Crippen LogP contribution in [0.15, 0.2) is 42.5 Å². The van der Waals surface area contributed by atoms with E-state index < -0.39 is 4.92 Å². The van der Waals surface area contributed by atoms with Gasteiger partial charge in [-0.05, 0) is 30.3 Å². The Hall–Kier alpha value is -2.27. The first kappa shape index (κ1) is 13.2. The summed E-state index contributed by atoms with van der Waals surface area (Å²) in [7, 11) is 1.80. The van der Waals surface area contributed by atoms with E-state index in [0.29, 0.717) is 10.8 Å². The van der Waals surface area contributed by atoms with Crippen LogP contribution in [0.2, 0.25) is 5.02 Å². The maximum absolute atomic E-state index is 10.9. The predicted octanol–water partition coefficient (Wildman–Crippen LogP) is 4.08. The molecule has 0 unspecified atom stereocenters. The maximum Gasteiger partial charge on any atom is 0.311 e. The number of rotatable bonds is 4. The van der Waals surface area contributed by atoms with Crippen LogP contribution in [0, 0.1) is 10.1 Å². The van der Waals surface area contributed by atoms with Crippen molar-refractivity contribution in [2.45, 2.75) is 0 Å². The molecule has 6 heteroatoms. The van der Waals surface area contributed by atoms with Crippen LogP contribution in [-0.2, 0) is 0 Å². The van der Waals surface area contributed by atoms with E-state index in [-0.39, 0.29) is 11.4 Å². The topological polar surface area (TPSA) is 64.4 Å². The number of nitrogens with one attached hydrogen (secondary N) is 1. The summed E-state index contributed by atoms with van der Waals surface area (Å²) in [6.07, 6.45) is 0. The molecule has 0 fully saturated rings. The van der Waals surface area contributed by atoms with Crippen molar-refractivity contribution in [3.8, 4) is 11.5 Å². The number of halogens is 1. The number of hydrogen-bond donors (Lipinski definition) is 1. The Morgan fingerprint density at radius 1 is 1.21 bits per heavy atom. The van der Waals surface area contributed by atoms with Crippen LogP contribution in [0.4, 0.5) is 11.4 Å². The lowest BCUT2D eigenvalue weighted by Crippen LogP contribution is -1.93. The van der Waals surface area contributed by atoms with Gasteiger partial charge in [-0.2, -0.15) is 0 Å². The minimum absolute atomic E-state index is 0.120. The molecule has 0 saturated carbocycles. The molecule has 0 aromatic heterocycles. The summed E-state index contributed by atoms with van der Waals surface area (Å²) in [6, 6.07) is 11.3. The minimum atomic E-state index is -0.506. The van der Waals surface area contributed by atoms with Gasteiger partial charge in [0.25, 0.3) is 0 Å². The molecule has 0 amide bonds. The molecule has 0 aliphatic rings. The van der Waals surface area contributed by atoms with Gasteiger partial charge in [-0.3, -0.25) is 10.1 Å². The van der Waals surface area contributed by atoms with E-state index in [1.807, 2.05) is 12.1 Å². The summed E-state index contributed by atoms with van der Waals surface area (Å²) in [6.45, 7) is 0. The average Bonchev–Trinajstić information content (AvgIpc) is 2.39. The highest BCUT2D eigenvalue weighted by Crippen LogP contribution is 2.33. The fourth-order valence-corrected chi connectivity index (χ4v) is 1.70. The number of ether oxygens (including phenoxy) is 1. The normalized spacial score (nSPS) is 10.0. The summed E-state index contributed by atoms with van der Waals surface area (Å²) in [5.41, 5.74) is 0.801. The summed E-state index contributed by atoms with van der Waals surface area (Å²) >= 11 is 5.82. The Kier molecular flexibility index (Phi) is 3.87. The molecule has 0 aliphatic carbocycles. The molecule has 1 N–H and O–H groups in total. The third kappa shape index (κ3) is 3.14. The molecule has 0 spiro atoms. The Morgan fingerprint density at radius 2 is 1.89 bits per heavy atom. The highest BCUT2D eigenvalue weighted by molar-refractivity contribution is 6.30. The van der Waals surface area contributed by atoms with E-state index in [9.17, 15) is 10.1 Å². The number of anilines is 1. The molecular formula is C13H11ClN2O3. The van der Waals surface area contributed by atoms with Gasteiger partial charge in [-0.25, -0.2) is 0 Å². The van der Waals surface area contributed by atoms with Crippen molar-refractivity contribution in [2.75, 3.05) is 12.4 Å². The quantitative estimate of drug-likeness (QED) is 0.676. The molecule has 5 nitrogen and oxygen atoms in total. The van der Waals surface area contributed by atoms with E-state index in [1.165, 1.54) is 18.2 Å². The van der Waals surface area contributed by atoms with Crippen molar-refractivity contribution in [1.82, 2.24) is 0 Å². The van der Waals surface area contributed by atoms with Gasteiger partial charge in [-0.1, -0.05) is 11.6 Å². The van der Waals surface area contributed by atoms with Gasteiger partial charge in [0.2, 0.25) is 5.75 Å². The third-order valence-corrected chi connectivity index (χ3v) is 2.72. The first-order valence-electron chi connectivity index (χ1n) is 5.50. The van der Waals surface area contributed by atoms with E-state index in [4.69, 9.17) is 16.3 Å². The first-order chi connectivity index (χ1) is 9.10. The van der Waals surface area contributed by atoms with Gasteiger partial charge >= 0.3 is 5.69 Å². The van der Waals surface area contributed by atoms with Gasteiger partial charge in [0, 0.05) is 29.9 Å². The fourth-order valence-electron chi connectivity index (χ4n) is 1.54. The molecule has 98 valence electrons. The smallest absolute Gasteiger partial charge is 0.311 e. The SMILES string of the molecule is CNc1ccc(Oc2cc(Cl)ccc2[N+](=O)[O-])cc1. The molecule has 0 saturated heterocycles. The second-order valence-corrected chi connectivity index (χ2v) is 4.18. The molecule has 0 heterocycles. The summed E-state index contributed by atoms with van der Waals surface area (Å²) in [5.74, 6) is 0.624. The number of benzene rings is 2. The third-order valence-electron chi connectivity index (χ3n) is 2.49. The van der Waals surface area contributed by atoms with Crippen LogP contribution in [0.1, 0.15) is 0 Å². The van der Waals surface area contributed by atoms with Crippen molar-refractivity contribution < 1.29 is 9.66 Å². The molecule has 0 bridgehead atoms. The lowest BCUT2D eigenvalue weighted by molar-refractivity contribution is -0.385. The van der Waals surface area contributed by atoms with Crippen molar-refractivity contribution in [3.05, 3.63) is 57.6 Å². The molecule has 2 aromatic carbocycles. The van der Waals surface area contributed by atoms with Crippen LogP contribution in [-0.4, -0.2) is 12.0 Å². The van der Waals surface area contributed by atoms with E-state index in [2.05, 4.69) is 5.32 Å². The second-order valence-electron chi connectivity index (χ2n) is 3.75. The highest BCUT2D eigenvalue weighted by atomic mass is 35.5.